The molecule has 0 aromatic heterocycles. The van der Waals surface area contributed by atoms with Crippen LogP contribution in [0.1, 0.15) is 36.2 Å². The van der Waals surface area contributed by atoms with E-state index < -0.39 is 5.60 Å². The zero-order valence-electron chi connectivity index (χ0n) is 13.7. The highest BCUT2D eigenvalue weighted by Crippen LogP contribution is 2.13. The van der Waals surface area contributed by atoms with Crippen LogP contribution in [-0.4, -0.2) is 53.8 Å². The minimum absolute atomic E-state index is 0.161. The van der Waals surface area contributed by atoms with Crippen LogP contribution in [0.4, 0.5) is 4.79 Å². The van der Waals surface area contributed by atoms with Gasteiger partial charge in [-0.2, -0.15) is 0 Å². The molecule has 0 saturated carbocycles. The van der Waals surface area contributed by atoms with Crippen molar-refractivity contribution in [2.75, 3.05) is 26.2 Å². The Balaban J connectivity index is 1.77. The summed E-state index contributed by atoms with van der Waals surface area (Å²) in [6.07, 6.45) is 1.11. The standard InChI is InChI=1S/C17H24N2O4/c1-17(2,22)8-7-13-3-5-14(6-4-13)15(20)18-9-10-19-11-12-23-16(19)21/h3-6,22H,7-12H2,1-2H3,(H,18,20). The summed E-state index contributed by atoms with van der Waals surface area (Å²) in [7, 11) is 0. The average molecular weight is 320 g/mol. The molecule has 6 heteroatoms. The van der Waals surface area contributed by atoms with Crippen LogP contribution in [0, 0.1) is 0 Å². The first-order valence-corrected chi connectivity index (χ1v) is 7.86. The zero-order chi connectivity index (χ0) is 16.9. The van der Waals surface area contributed by atoms with E-state index in [1.165, 1.54) is 0 Å². The van der Waals surface area contributed by atoms with Crippen molar-refractivity contribution in [2.45, 2.75) is 32.3 Å². The van der Waals surface area contributed by atoms with Crippen molar-refractivity contribution in [3.8, 4) is 0 Å². The number of hydrogen-bond donors (Lipinski definition) is 2. The van der Waals surface area contributed by atoms with Crippen molar-refractivity contribution in [1.29, 1.82) is 0 Å². The van der Waals surface area contributed by atoms with Gasteiger partial charge in [0.05, 0.1) is 12.1 Å². The highest BCUT2D eigenvalue weighted by molar-refractivity contribution is 5.94. The molecule has 6 nitrogen and oxygen atoms in total. The number of nitrogens with one attached hydrogen (secondary N) is 1. The molecule has 1 saturated heterocycles. The van der Waals surface area contributed by atoms with Crippen molar-refractivity contribution in [2.24, 2.45) is 0 Å². The van der Waals surface area contributed by atoms with E-state index in [1.807, 2.05) is 12.1 Å². The summed E-state index contributed by atoms with van der Waals surface area (Å²) in [6, 6.07) is 7.36. The van der Waals surface area contributed by atoms with E-state index in [2.05, 4.69) is 5.32 Å². The van der Waals surface area contributed by atoms with Crippen molar-refractivity contribution in [1.82, 2.24) is 10.2 Å². The van der Waals surface area contributed by atoms with Crippen molar-refractivity contribution in [3.05, 3.63) is 35.4 Å². The molecule has 2 rings (SSSR count). The zero-order valence-corrected chi connectivity index (χ0v) is 13.7. The molecular formula is C17H24N2O4. The van der Waals surface area contributed by atoms with Crippen LogP contribution in [0.2, 0.25) is 0 Å². The Morgan fingerprint density at radius 3 is 2.61 bits per heavy atom. The first-order chi connectivity index (χ1) is 10.8. The van der Waals surface area contributed by atoms with E-state index >= 15 is 0 Å². The summed E-state index contributed by atoms with van der Waals surface area (Å²) in [6.45, 7) is 5.40. The monoisotopic (exact) mass is 320 g/mol. The van der Waals surface area contributed by atoms with Gasteiger partial charge in [0, 0.05) is 18.7 Å². The molecule has 1 aromatic carbocycles. The van der Waals surface area contributed by atoms with Gasteiger partial charge in [-0.05, 0) is 44.4 Å². The number of ether oxygens (including phenoxy) is 1. The second kappa shape index (κ2) is 7.46. The van der Waals surface area contributed by atoms with Gasteiger partial charge < -0.3 is 20.1 Å². The summed E-state index contributed by atoms with van der Waals surface area (Å²) in [4.78, 5) is 24.9. The van der Waals surface area contributed by atoms with Gasteiger partial charge in [0.25, 0.3) is 5.91 Å². The van der Waals surface area contributed by atoms with Gasteiger partial charge in [0.15, 0.2) is 0 Å². The van der Waals surface area contributed by atoms with Gasteiger partial charge in [-0.3, -0.25) is 4.79 Å². The molecule has 1 fully saturated rings. The van der Waals surface area contributed by atoms with E-state index in [-0.39, 0.29) is 12.0 Å². The molecule has 23 heavy (non-hydrogen) atoms. The fourth-order valence-electron chi connectivity index (χ4n) is 2.31. The number of aryl methyl sites for hydroxylation is 1. The molecule has 0 unspecified atom stereocenters. The predicted molar refractivity (Wildman–Crippen MR) is 86.3 cm³/mol. The number of carbonyl (C=O) groups excluding carboxylic acids is 2. The summed E-state index contributed by atoms with van der Waals surface area (Å²) < 4.78 is 4.82. The first kappa shape index (κ1) is 17.3. The normalized spacial score (nSPS) is 14.7. The van der Waals surface area contributed by atoms with Gasteiger partial charge >= 0.3 is 6.09 Å². The number of benzene rings is 1. The Hall–Kier alpha value is -2.08. The number of nitrogens with zero attached hydrogens (tertiary/aromatic N) is 1. The molecule has 1 aliphatic rings. The summed E-state index contributed by atoms with van der Waals surface area (Å²) in [5, 5.41) is 12.5. The maximum absolute atomic E-state index is 12.0. The molecule has 126 valence electrons. The second-order valence-corrected chi connectivity index (χ2v) is 6.37. The largest absolute Gasteiger partial charge is 0.448 e. The number of amides is 2. The number of carbonyl (C=O) groups is 2. The Morgan fingerprint density at radius 1 is 1.35 bits per heavy atom. The molecule has 0 spiro atoms. The lowest BCUT2D eigenvalue weighted by molar-refractivity contribution is 0.0713. The maximum atomic E-state index is 12.0. The smallest absolute Gasteiger partial charge is 0.409 e. The van der Waals surface area contributed by atoms with Gasteiger partial charge in [0.1, 0.15) is 6.61 Å². The molecule has 0 atom stereocenters. The van der Waals surface area contributed by atoms with Crippen molar-refractivity contribution in [3.63, 3.8) is 0 Å². The van der Waals surface area contributed by atoms with Gasteiger partial charge in [0.2, 0.25) is 0 Å². The maximum Gasteiger partial charge on any atom is 0.409 e. The highest BCUT2D eigenvalue weighted by Gasteiger charge is 2.21. The van der Waals surface area contributed by atoms with Crippen molar-refractivity contribution >= 4 is 12.0 Å². The molecule has 1 aromatic rings. The average Bonchev–Trinajstić information content (AvgIpc) is 2.90. The predicted octanol–water partition coefficient (Wildman–Crippen LogP) is 1.57. The lowest BCUT2D eigenvalue weighted by atomic mass is 9.98. The summed E-state index contributed by atoms with van der Waals surface area (Å²) in [5.74, 6) is -0.161. The third-order valence-corrected chi connectivity index (χ3v) is 3.75. The number of cyclic esters (lactones) is 1. The van der Waals surface area contributed by atoms with Crippen LogP contribution in [0.15, 0.2) is 24.3 Å². The minimum atomic E-state index is -0.688. The van der Waals surface area contributed by atoms with Crippen molar-refractivity contribution < 1.29 is 19.4 Å². The van der Waals surface area contributed by atoms with Gasteiger partial charge in [-0.1, -0.05) is 12.1 Å². The number of rotatable bonds is 7. The lowest BCUT2D eigenvalue weighted by Gasteiger charge is -2.16. The van der Waals surface area contributed by atoms with E-state index in [9.17, 15) is 14.7 Å². The fourth-order valence-corrected chi connectivity index (χ4v) is 2.31. The molecule has 0 radical (unpaired) electrons. The molecule has 1 heterocycles. The number of hydrogen-bond acceptors (Lipinski definition) is 4. The third-order valence-electron chi connectivity index (χ3n) is 3.75. The van der Waals surface area contributed by atoms with E-state index in [0.717, 1.165) is 12.0 Å². The highest BCUT2D eigenvalue weighted by atomic mass is 16.6. The van der Waals surface area contributed by atoms with Crippen LogP contribution in [0.3, 0.4) is 0 Å². The van der Waals surface area contributed by atoms with Crippen LogP contribution in [0.25, 0.3) is 0 Å². The molecule has 0 bridgehead atoms. The minimum Gasteiger partial charge on any atom is -0.448 e. The van der Waals surface area contributed by atoms with E-state index in [1.54, 1.807) is 30.9 Å². The summed E-state index contributed by atoms with van der Waals surface area (Å²) in [5.41, 5.74) is 0.983. The van der Waals surface area contributed by atoms with Gasteiger partial charge in [-0.25, -0.2) is 4.79 Å². The Kier molecular flexibility index (Phi) is 5.60. The lowest BCUT2D eigenvalue weighted by Crippen LogP contribution is -2.35. The molecule has 2 N–H and O–H groups in total. The topological polar surface area (TPSA) is 78.9 Å². The van der Waals surface area contributed by atoms with Crippen LogP contribution in [0.5, 0.6) is 0 Å². The molecular weight excluding hydrogens is 296 g/mol. The Morgan fingerprint density at radius 2 is 2.04 bits per heavy atom. The van der Waals surface area contributed by atoms with E-state index in [4.69, 9.17) is 4.74 Å². The second-order valence-electron chi connectivity index (χ2n) is 6.37. The fraction of sp³-hybridized carbons (Fsp3) is 0.529. The van der Waals surface area contributed by atoms with Gasteiger partial charge in [-0.15, -0.1) is 0 Å². The Bertz CT molecular complexity index is 549. The molecule has 1 aliphatic heterocycles. The molecule has 2 amide bonds. The first-order valence-electron chi connectivity index (χ1n) is 7.86. The quantitative estimate of drug-likeness (QED) is 0.799. The number of aliphatic hydroxyl groups is 1. The molecule has 0 aliphatic carbocycles. The Labute approximate surface area is 136 Å². The SMILES string of the molecule is CC(C)(O)CCc1ccc(C(=O)NCCN2CCOC2=O)cc1. The third kappa shape index (κ3) is 5.56. The van der Waals surface area contributed by atoms with Crippen LogP contribution in [-0.2, 0) is 11.2 Å². The van der Waals surface area contributed by atoms with Crippen LogP contribution < -0.4 is 5.32 Å². The summed E-state index contributed by atoms with van der Waals surface area (Å²) >= 11 is 0. The van der Waals surface area contributed by atoms with E-state index in [0.29, 0.717) is 38.2 Å². The van der Waals surface area contributed by atoms with Crippen LogP contribution >= 0.6 is 0 Å².